The molecule has 0 radical (unpaired) electrons. The van der Waals surface area contributed by atoms with Gasteiger partial charge in [0.05, 0.1) is 13.2 Å². The van der Waals surface area contributed by atoms with Gasteiger partial charge in [0.1, 0.15) is 0 Å². The summed E-state index contributed by atoms with van der Waals surface area (Å²) < 4.78 is 10.4. The van der Waals surface area contributed by atoms with Crippen molar-refractivity contribution < 1.29 is 9.37 Å². The fraction of sp³-hybridized carbons (Fsp3) is 0.789. The van der Waals surface area contributed by atoms with Crippen LogP contribution >= 0.6 is 0 Å². The largest absolute Gasteiger partial charge is 0.379 e. The van der Waals surface area contributed by atoms with E-state index in [9.17, 15) is 0 Å². The molecule has 0 aromatic carbocycles. The van der Waals surface area contributed by atoms with Crippen LogP contribution < -0.4 is 10.2 Å². The number of ether oxygens (including phenoxy) is 1. The van der Waals surface area contributed by atoms with Gasteiger partial charge < -0.3 is 15.0 Å². The van der Waals surface area contributed by atoms with Crippen molar-refractivity contribution in [2.45, 2.75) is 44.6 Å². The summed E-state index contributed by atoms with van der Waals surface area (Å²) in [7, 11) is 0. The van der Waals surface area contributed by atoms with Crippen molar-refractivity contribution in [2.24, 2.45) is 5.92 Å². The predicted molar refractivity (Wildman–Crippen MR) is 105 cm³/mol. The molecule has 2 saturated heterocycles. The molecule has 5 rings (SSSR count). The van der Waals surface area contributed by atoms with Crippen molar-refractivity contribution in [2.75, 3.05) is 56.2 Å². The van der Waals surface area contributed by atoms with Gasteiger partial charge in [-0.3, -0.25) is 4.90 Å². The van der Waals surface area contributed by atoms with Gasteiger partial charge in [-0.05, 0) is 41.9 Å². The molecule has 1 N–H and O–H groups in total. The first-order chi connectivity index (χ1) is 13.8. The zero-order valence-corrected chi connectivity index (χ0v) is 16.3. The molecule has 9 nitrogen and oxygen atoms in total. The van der Waals surface area contributed by atoms with Gasteiger partial charge in [0.25, 0.3) is 0 Å². The fourth-order valence-electron chi connectivity index (χ4n) is 4.77. The summed E-state index contributed by atoms with van der Waals surface area (Å²) >= 11 is 0. The van der Waals surface area contributed by atoms with E-state index in [1.165, 1.54) is 38.5 Å². The zero-order valence-electron chi connectivity index (χ0n) is 16.3. The number of nitrogens with one attached hydrogen (secondary N) is 1. The normalized spacial score (nSPS) is 24.9. The Bertz CT molecular complexity index is 786. The van der Waals surface area contributed by atoms with Crippen LogP contribution in [0, 0.1) is 5.92 Å². The lowest BCUT2D eigenvalue weighted by Gasteiger charge is -2.37. The van der Waals surface area contributed by atoms with E-state index < -0.39 is 0 Å². The maximum absolute atomic E-state index is 5.49. The second-order valence-electron chi connectivity index (χ2n) is 8.30. The van der Waals surface area contributed by atoms with E-state index in [0.29, 0.717) is 23.3 Å². The van der Waals surface area contributed by atoms with Gasteiger partial charge in [0.15, 0.2) is 11.6 Å². The van der Waals surface area contributed by atoms with Crippen LogP contribution in [0.2, 0.25) is 0 Å². The standard InChI is InChI=1S/C19H29N7O2/c1-2-6-15(5-1)20-18-19(22-17-16(21-18)23-28-24-17)26-7-3-4-14(13-26)12-25-8-10-27-11-9-25/h14-15H,1-13H2,(H,20,21,23). The zero-order chi connectivity index (χ0) is 18.8. The Kier molecular flexibility index (Phi) is 5.26. The van der Waals surface area contributed by atoms with Crippen LogP contribution in [0.15, 0.2) is 4.63 Å². The van der Waals surface area contributed by atoms with Crippen LogP contribution in [0.25, 0.3) is 11.3 Å². The molecule has 4 heterocycles. The van der Waals surface area contributed by atoms with E-state index in [1.54, 1.807) is 0 Å². The van der Waals surface area contributed by atoms with E-state index in [1.807, 2.05) is 0 Å². The Labute approximate surface area is 164 Å². The van der Waals surface area contributed by atoms with Crippen molar-refractivity contribution in [3.63, 3.8) is 0 Å². The number of morpholine rings is 1. The molecule has 152 valence electrons. The third-order valence-corrected chi connectivity index (χ3v) is 6.23. The highest BCUT2D eigenvalue weighted by Gasteiger charge is 2.28. The van der Waals surface area contributed by atoms with Crippen LogP contribution in [0.3, 0.4) is 0 Å². The minimum atomic E-state index is 0.472. The lowest BCUT2D eigenvalue weighted by molar-refractivity contribution is 0.0296. The van der Waals surface area contributed by atoms with Gasteiger partial charge >= 0.3 is 0 Å². The van der Waals surface area contributed by atoms with Gasteiger partial charge in [-0.2, -0.15) is 0 Å². The van der Waals surface area contributed by atoms with Crippen molar-refractivity contribution in [3.8, 4) is 0 Å². The van der Waals surface area contributed by atoms with E-state index in [2.05, 4.69) is 25.4 Å². The lowest BCUT2D eigenvalue weighted by Crippen LogP contribution is -2.45. The van der Waals surface area contributed by atoms with Crippen molar-refractivity contribution in [1.29, 1.82) is 0 Å². The Hall–Kier alpha value is -2.00. The summed E-state index contributed by atoms with van der Waals surface area (Å²) in [5.74, 6) is 2.38. The molecule has 2 aromatic rings. The van der Waals surface area contributed by atoms with Crippen LogP contribution in [-0.2, 0) is 4.74 Å². The molecule has 1 saturated carbocycles. The fourth-order valence-corrected chi connectivity index (χ4v) is 4.77. The average Bonchev–Trinajstić information content (AvgIpc) is 3.40. The summed E-state index contributed by atoms with van der Waals surface area (Å²) in [4.78, 5) is 14.4. The smallest absolute Gasteiger partial charge is 0.245 e. The van der Waals surface area contributed by atoms with Gasteiger partial charge in [-0.1, -0.05) is 12.8 Å². The number of rotatable bonds is 5. The molecule has 0 bridgehead atoms. The summed E-state index contributed by atoms with van der Waals surface area (Å²) in [5.41, 5.74) is 0.966. The number of aromatic nitrogens is 4. The maximum Gasteiger partial charge on any atom is 0.245 e. The Morgan fingerprint density at radius 1 is 0.929 bits per heavy atom. The first-order valence-electron chi connectivity index (χ1n) is 10.7. The van der Waals surface area contributed by atoms with Crippen molar-refractivity contribution in [3.05, 3.63) is 0 Å². The van der Waals surface area contributed by atoms with Crippen LogP contribution in [0.1, 0.15) is 38.5 Å². The number of piperidine rings is 1. The Morgan fingerprint density at radius 2 is 1.71 bits per heavy atom. The minimum Gasteiger partial charge on any atom is -0.379 e. The molecular weight excluding hydrogens is 358 g/mol. The van der Waals surface area contributed by atoms with Gasteiger partial charge in [-0.25, -0.2) is 14.6 Å². The monoisotopic (exact) mass is 387 g/mol. The van der Waals surface area contributed by atoms with Gasteiger partial charge in [0, 0.05) is 38.8 Å². The molecule has 1 atom stereocenters. The van der Waals surface area contributed by atoms with E-state index in [4.69, 9.17) is 19.3 Å². The molecule has 9 heteroatoms. The SMILES string of the molecule is C1CCC(Nc2nc3nonc3nc2N2CCCC(CN3CCOCC3)C2)C1. The minimum absolute atomic E-state index is 0.472. The van der Waals surface area contributed by atoms with E-state index in [-0.39, 0.29) is 0 Å². The van der Waals surface area contributed by atoms with Crippen LogP contribution in [0.4, 0.5) is 11.6 Å². The summed E-state index contributed by atoms with van der Waals surface area (Å²) in [6.45, 7) is 6.93. The third kappa shape index (κ3) is 3.91. The topological polar surface area (TPSA) is 92.4 Å². The number of hydrogen-bond donors (Lipinski definition) is 1. The summed E-state index contributed by atoms with van der Waals surface area (Å²) in [6, 6.07) is 0.472. The molecule has 2 aliphatic heterocycles. The molecule has 3 aliphatic rings. The number of anilines is 2. The van der Waals surface area contributed by atoms with Crippen LogP contribution in [-0.4, -0.2) is 77.2 Å². The average molecular weight is 387 g/mol. The molecule has 1 unspecified atom stereocenters. The molecule has 28 heavy (non-hydrogen) atoms. The molecule has 0 spiro atoms. The number of hydrogen-bond acceptors (Lipinski definition) is 9. The summed E-state index contributed by atoms with van der Waals surface area (Å²) in [6.07, 6.45) is 7.37. The number of nitrogens with zero attached hydrogens (tertiary/aromatic N) is 6. The van der Waals surface area contributed by atoms with E-state index in [0.717, 1.165) is 57.6 Å². The Balaban J connectivity index is 1.35. The van der Waals surface area contributed by atoms with Gasteiger partial charge in [0.2, 0.25) is 11.3 Å². The lowest BCUT2D eigenvalue weighted by atomic mass is 9.97. The first kappa shape index (κ1) is 18.1. The molecule has 1 aliphatic carbocycles. The predicted octanol–water partition coefficient (Wildman–Crippen LogP) is 1.92. The second kappa shape index (κ2) is 8.16. The van der Waals surface area contributed by atoms with E-state index >= 15 is 0 Å². The Morgan fingerprint density at radius 3 is 2.54 bits per heavy atom. The quantitative estimate of drug-likeness (QED) is 0.826. The van der Waals surface area contributed by atoms with Crippen molar-refractivity contribution in [1.82, 2.24) is 25.2 Å². The van der Waals surface area contributed by atoms with Crippen LogP contribution in [0.5, 0.6) is 0 Å². The maximum atomic E-state index is 5.49. The number of fused-ring (bicyclic) bond motifs is 1. The molecular formula is C19H29N7O2. The van der Waals surface area contributed by atoms with Gasteiger partial charge in [-0.15, -0.1) is 0 Å². The summed E-state index contributed by atoms with van der Waals surface area (Å²) in [5, 5.41) is 11.5. The highest BCUT2D eigenvalue weighted by Crippen LogP contribution is 2.31. The highest BCUT2D eigenvalue weighted by molar-refractivity contribution is 5.74. The third-order valence-electron chi connectivity index (χ3n) is 6.23. The molecule has 3 fully saturated rings. The molecule has 0 amide bonds. The van der Waals surface area contributed by atoms with Crippen molar-refractivity contribution >= 4 is 22.9 Å². The molecule has 2 aromatic heterocycles. The highest BCUT2D eigenvalue weighted by atomic mass is 16.6. The first-order valence-corrected chi connectivity index (χ1v) is 10.7. The second-order valence-corrected chi connectivity index (χ2v) is 8.30.